The quantitative estimate of drug-likeness (QED) is 0.807. The minimum absolute atomic E-state index is 0.262. The van der Waals surface area contributed by atoms with Gasteiger partial charge in [-0.15, -0.1) is 13.2 Å². The fourth-order valence-electron chi connectivity index (χ4n) is 0.899. The Balaban J connectivity index is 2.91. The summed E-state index contributed by atoms with van der Waals surface area (Å²) in [6.45, 7) is 0. The van der Waals surface area contributed by atoms with Crippen LogP contribution in [0.3, 0.4) is 0 Å². The van der Waals surface area contributed by atoms with Crippen LogP contribution in [0.4, 0.5) is 23.7 Å². The fourth-order valence-corrected chi connectivity index (χ4v) is 0.899. The number of alkyl halides is 3. The van der Waals surface area contributed by atoms with Crippen LogP contribution in [0.5, 0.6) is 5.75 Å². The van der Waals surface area contributed by atoms with E-state index < -0.39 is 18.2 Å². The molecule has 15 heavy (non-hydrogen) atoms. The van der Waals surface area contributed by atoms with Gasteiger partial charge in [0.2, 0.25) is 0 Å². The first-order chi connectivity index (χ1) is 6.88. The standard InChI is InChI=1S/C8H6F3NO3/c9-8(10,11)15-6-4-2-1-3-5(6)12-7(13)14/h1-4,12H,(H,13,14). The molecule has 0 aromatic heterocycles. The predicted octanol–water partition coefficient (Wildman–Crippen LogP) is 2.68. The Morgan fingerprint density at radius 2 is 1.93 bits per heavy atom. The van der Waals surface area contributed by atoms with Crippen molar-refractivity contribution in [3.8, 4) is 5.75 Å². The normalized spacial score (nSPS) is 10.9. The first-order valence-corrected chi connectivity index (χ1v) is 3.73. The number of halogens is 3. The summed E-state index contributed by atoms with van der Waals surface area (Å²) in [6.07, 6.45) is -6.32. The van der Waals surface area contributed by atoms with Crippen LogP contribution in [0.2, 0.25) is 0 Å². The molecule has 0 fully saturated rings. The Bertz CT molecular complexity index is 364. The minimum Gasteiger partial charge on any atom is -0.465 e. The first-order valence-electron chi connectivity index (χ1n) is 3.73. The SMILES string of the molecule is O=C(O)Nc1ccccc1OC(F)(F)F. The molecule has 1 rings (SSSR count). The predicted molar refractivity (Wildman–Crippen MR) is 44.8 cm³/mol. The lowest BCUT2D eigenvalue weighted by Gasteiger charge is -2.12. The maximum absolute atomic E-state index is 11.9. The Morgan fingerprint density at radius 3 is 2.47 bits per heavy atom. The van der Waals surface area contributed by atoms with Crippen molar-refractivity contribution in [2.45, 2.75) is 6.36 Å². The summed E-state index contributed by atoms with van der Waals surface area (Å²) >= 11 is 0. The third-order valence-corrected chi connectivity index (χ3v) is 1.35. The van der Waals surface area contributed by atoms with E-state index in [2.05, 4.69) is 4.74 Å². The molecular formula is C8H6F3NO3. The van der Waals surface area contributed by atoms with Gasteiger partial charge in [0, 0.05) is 0 Å². The number of carboxylic acid groups (broad SMARTS) is 1. The summed E-state index contributed by atoms with van der Waals surface area (Å²) in [5.41, 5.74) is -0.262. The number of carbonyl (C=O) groups is 1. The Labute approximate surface area is 82.3 Å². The molecule has 0 saturated carbocycles. The molecule has 7 heteroatoms. The fraction of sp³-hybridized carbons (Fsp3) is 0.125. The number of ether oxygens (including phenoxy) is 1. The van der Waals surface area contributed by atoms with Gasteiger partial charge in [0.1, 0.15) is 0 Å². The summed E-state index contributed by atoms with van der Waals surface area (Å²) in [5.74, 6) is -0.590. The van der Waals surface area contributed by atoms with Crippen molar-refractivity contribution in [1.82, 2.24) is 0 Å². The molecule has 1 amide bonds. The van der Waals surface area contributed by atoms with Crippen molar-refractivity contribution in [2.75, 3.05) is 5.32 Å². The minimum atomic E-state index is -4.85. The van der Waals surface area contributed by atoms with Crippen LogP contribution in [0, 0.1) is 0 Å². The first kappa shape index (κ1) is 11.2. The van der Waals surface area contributed by atoms with Crippen LogP contribution in [0.15, 0.2) is 24.3 Å². The molecular weight excluding hydrogens is 215 g/mol. The van der Waals surface area contributed by atoms with E-state index in [0.717, 1.165) is 12.1 Å². The van der Waals surface area contributed by atoms with Crippen LogP contribution in [-0.2, 0) is 0 Å². The van der Waals surface area contributed by atoms with Crippen LogP contribution in [0.1, 0.15) is 0 Å². The summed E-state index contributed by atoms with van der Waals surface area (Å²) in [6, 6.07) is 4.86. The summed E-state index contributed by atoms with van der Waals surface area (Å²) in [5, 5.41) is 10.1. The van der Waals surface area contributed by atoms with Gasteiger partial charge in [-0.2, -0.15) is 0 Å². The Kier molecular flexibility index (Phi) is 3.03. The molecule has 0 atom stereocenters. The van der Waals surface area contributed by atoms with Gasteiger partial charge in [-0.05, 0) is 12.1 Å². The number of benzene rings is 1. The average molecular weight is 221 g/mol. The van der Waals surface area contributed by atoms with Gasteiger partial charge in [0.25, 0.3) is 0 Å². The molecule has 0 spiro atoms. The molecule has 2 N–H and O–H groups in total. The highest BCUT2D eigenvalue weighted by molar-refractivity contribution is 5.85. The van der Waals surface area contributed by atoms with Crippen molar-refractivity contribution in [3.63, 3.8) is 0 Å². The molecule has 0 aliphatic rings. The van der Waals surface area contributed by atoms with E-state index in [1.54, 1.807) is 5.32 Å². The molecule has 0 radical (unpaired) electrons. The maximum atomic E-state index is 11.9. The smallest absolute Gasteiger partial charge is 0.465 e. The van der Waals surface area contributed by atoms with Crippen molar-refractivity contribution in [3.05, 3.63) is 24.3 Å². The number of hydrogen-bond acceptors (Lipinski definition) is 2. The molecule has 1 aromatic carbocycles. The van der Waals surface area contributed by atoms with Crippen molar-refractivity contribution in [2.24, 2.45) is 0 Å². The molecule has 4 nitrogen and oxygen atoms in total. The highest BCUT2D eigenvalue weighted by Crippen LogP contribution is 2.29. The largest absolute Gasteiger partial charge is 0.573 e. The second-order valence-corrected chi connectivity index (χ2v) is 2.47. The van der Waals surface area contributed by atoms with Crippen molar-refractivity contribution < 1.29 is 27.8 Å². The zero-order valence-electron chi connectivity index (χ0n) is 7.21. The topological polar surface area (TPSA) is 58.6 Å². The molecule has 0 saturated heterocycles. The lowest BCUT2D eigenvalue weighted by atomic mass is 10.3. The van der Waals surface area contributed by atoms with Gasteiger partial charge in [0.15, 0.2) is 5.75 Å². The van der Waals surface area contributed by atoms with Gasteiger partial charge in [-0.3, -0.25) is 5.32 Å². The number of amides is 1. The van der Waals surface area contributed by atoms with Crippen LogP contribution >= 0.6 is 0 Å². The third-order valence-electron chi connectivity index (χ3n) is 1.35. The highest BCUT2D eigenvalue weighted by atomic mass is 19.4. The highest BCUT2D eigenvalue weighted by Gasteiger charge is 2.32. The molecule has 0 aliphatic carbocycles. The average Bonchev–Trinajstić information content (AvgIpc) is 2.05. The molecule has 0 unspecified atom stereocenters. The van der Waals surface area contributed by atoms with E-state index in [9.17, 15) is 18.0 Å². The van der Waals surface area contributed by atoms with Gasteiger partial charge < -0.3 is 9.84 Å². The maximum Gasteiger partial charge on any atom is 0.573 e. The molecule has 0 heterocycles. The van der Waals surface area contributed by atoms with Crippen molar-refractivity contribution in [1.29, 1.82) is 0 Å². The third kappa shape index (κ3) is 3.75. The van der Waals surface area contributed by atoms with E-state index >= 15 is 0 Å². The molecule has 0 bridgehead atoms. The van der Waals surface area contributed by atoms with E-state index in [-0.39, 0.29) is 5.69 Å². The molecule has 1 aromatic rings. The Morgan fingerprint density at radius 1 is 1.33 bits per heavy atom. The number of anilines is 1. The van der Waals surface area contributed by atoms with Gasteiger partial charge in [-0.1, -0.05) is 12.1 Å². The zero-order chi connectivity index (χ0) is 11.5. The van der Waals surface area contributed by atoms with Crippen molar-refractivity contribution >= 4 is 11.8 Å². The second-order valence-electron chi connectivity index (χ2n) is 2.47. The van der Waals surface area contributed by atoms with Crippen LogP contribution < -0.4 is 10.1 Å². The second kappa shape index (κ2) is 4.07. The van der Waals surface area contributed by atoms with E-state index in [1.807, 2.05) is 0 Å². The monoisotopic (exact) mass is 221 g/mol. The molecule has 82 valence electrons. The summed E-state index contributed by atoms with van der Waals surface area (Å²) in [4.78, 5) is 10.2. The van der Waals surface area contributed by atoms with Crippen LogP contribution in [0.25, 0.3) is 0 Å². The van der Waals surface area contributed by atoms with E-state index in [1.165, 1.54) is 12.1 Å². The lowest BCUT2D eigenvalue weighted by Crippen LogP contribution is -2.19. The number of rotatable bonds is 2. The van der Waals surface area contributed by atoms with Gasteiger partial charge in [0.05, 0.1) is 5.69 Å². The van der Waals surface area contributed by atoms with E-state index in [4.69, 9.17) is 5.11 Å². The Hall–Kier alpha value is -1.92. The summed E-state index contributed by atoms with van der Waals surface area (Å²) < 4.78 is 39.2. The zero-order valence-corrected chi connectivity index (χ0v) is 7.21. The number of nitrogens with one attached hydrogen (secondary N) is 1. The van der Waals surface area contributed by atoms with Gasteiger partial charge in [-0.25, -0.2) is 4.79 Å². The molecule has 0 aliphatic heterocycles. The van der Waals surface area contributed by atoms with Crippen LogP contribution in [-0.4, -0.2) is 17.6 Å². The lowest BCUT2D eigenvalue weighted by molar-refractivity contribution is -0.274. The number of hydrogen-bond donors (Lipinski definition) is 2. The number of para-hydroxylation sites is 2. The van der Waals surface area contributed by atoms with Gasteiger partial charge >= 0.3 is 12.5 Å². The van der Waals surface area contributed by atoms with E-state index in [0.29, 0.717) is 0 Å². The summed E-state index contributed by atoms with van der Waals surface area (Å²) in [7, 11) is 0.